The molecule has 1 aliphatic rings. The predicted octanol–water partition coefficient (Wildman–Crippen LogP) is 3.13. The Bertz CT molecular complexity index is 878. The molecule has 4 N–H and O–H groups in total. The fourth-order valence-electron chi connectivity index (χ4n) is 3.24. The van der Waals surface area contributed by atoms with Crippen LogP contribution in [-0.4, -0.2) is 43.9 Å². The highest BCUT2D eigenvalue weighted by atomic mass is 35.5. The number of aryl methyl sites for hydroxylation is 1. The molecule has 1 saturated heterocycles. The third kappa shape index (κ3) is 3.61. The van der Waals surface area contributed by atoms with Crippen LogP contribution in [-0.2, 0) is 6.54 Å². The summed E-state index contributed by atoms with van der Waals surface area (Å²) in [6.07, 6.45) is 8.75. The number of nitrogens with one attached hydrogen (secondary N) is 4. The molecular formula is C17H23ClN8. The number of anilines is 3. The summed E-state index contributed by atoms with van der Waals surface area (Å²) >= 11 is 6.37. The van der Waals surface area contributed by atoms with Gasteiger partial charge in [0.15, 0.2) is 0 Å². The van der Waals surface area contributed by atoms with Crippen molar-refractivity contribution in [1.82, 2.24) is 30.0 Å². The largest absolute Gasteiger partial charge is 0.367 e. The lowest BCUT2D eigenvalue weighted by Crippen LogP contribution is -2.22. The fraction of sp³-hybridized carbons (Fsp3) is 0.471. The summed E-state index contributed by atoms with van der Waals surface area (Å²) in [7, 11) is 0. The second-order valence-electron chi connectivity index (χ2n) is 6.49. The first-order valence-corrected chi connectivity index (χ1v) is 9.42. The Labute approximate surface area is 156 Å². The monoisotopic (exact) mass is 374 g/mol. The maximum atomic E-state index is 6.37. The number of halogens is 1. The highest BCUT2D eigenvalue weighted by molar-refractivity contribution is 6.36. The number of aromatic nitrogens is 5. The molecule has 1 unspecified atom stereocenters. The molecular weight excluding hydrogens is 352 g/mol. The van der Waals surface area contributed by atoms with Gasteiger partial charge in [-0.05, 0) is 39.3 Å². The van der Waals surface area contributed by atoms with Crippen LogP contribution in [0, 0.1) is 0 Å². The summed E-state index contributed by atoms with van der Waals surface area (Å²) < 4.78 is 1.85. The van der Waals surface area contributed by atoms with Crippen LogP contribution in [0.15, 0.2) is 18.6 Å². The van der Waals surface area contributed by atoms with Crippen LogP contribution in [0.3, 0.4) is 0 Å². The summed E-state index contributed by atoms with van der Waals surface area (Å²) in [5.41, 5.74) is 1.57. The Morgan fingerprint density at radius 1 is 1.31 bits per heavy atom. The standard InChI is InChI=1S/C17H23ClN8/c1-2-26-10-12(8-21-26)23-17-24-15-14(13(18)9-20-15)16(25-17)22-11-4-3-6-19-7-5-11/h8-11,19H,2-7H2,1H3,(H3,20,22,23,24,25). The Balaban J connectivity index is 1.64. The molecule has 26 heavy (non-hydrogen) atoms. The smallest absolute Gasteiger partial charge is 0.231 e. The molecule has 4 rings (SSSR count). The van der Waals surface area contributed by atoms with Gasteiger partial charge in [-0.1, -0.05) is 11.6 Å². The summed E-state index contributed by atoms with van der Waals surface area (Å²) in [6.45, 7) is 4.94. The molecule has 0 saturated carbocycles. The van der Waals surface area contributed by atoms with E-state index in [2.05, 4.69) is 31.0 Å². The Hall–Kier alpha value is -2.32. The summed E-state index contributed by atoms with van der Waals surface area (Å²) in [5, 5.41) is 16.0. The molecule has 0 amide bonds. The first kappa shape index (κ1) is 17.1. The second kappa shape index (κ2) is 7.51. The highest BCUT2D eigenvalue weighted by Crippen LogP contribution is 2.30. The van der Waals surface area contributed by atoms with Crippen LogP contribution in [0.2, 0.25) is 5.02 Å². The van der Waals surface area contributed by atoms with Crippen LogP contribution in [0.25, 0.3) is 11.0 Å². The molecule has 1 atom stereocenters. The molecule has 1 aliphatic heterocycles. The van der Waals surface area contributed by atoms with Crippen molar-refractivity contribution >= 4 is 40.1 Å². The van der Waals surface area contributed by atoms with Crippen LogP contribution < -0.4 is 16.0 Å². The minimum atomic E-state index is 0.366. The van der Waals surface area contributed by atoms with Crippen molar-refractivity contribution in [3.63, 3.8) is 0 Å². The minimum absolute atomic E-state index is 0.366. The Kier molecular flexibility index (Phi) is 4.94. The molecule has 0 aromatic carbocycles. The zero-order valence-electron chi connectivity index (χ0n) is 14.7. The van der Waals surface area contributed by atoms with Gasteiger partial charge in [0.05, 0.1) is 22.3 Å². The molecule has 0 spiro atoms. The van der Waals surface area contributed by atoms with Crippen molar-refractivity contribution < 1.29 is 0 Å². The van der Waals surface area contributed by atoms with Crippen molar-refractivity contribution in [3.05, 3.63) is 23.6 Å². The van der Waals surface area contributed by atoms with Gasteiger partial charge in [-0.2, -0.15) is 15.1 Å². The fourth-order valence-corrected chi connectivity index (χ4v) is 3.48. The Morgan fingerprint density at radius 3 is 3.08 bits per heavy atom. The number of rotatable bonds is 5. The number of nitrogens with zero attached hydrogens (tertiary/aromatic N) is 4. The summed E-state index contributed by atoms with van der Waals surface area (Å²) in [6, 6.07) is 0.366. The van der Waals surface area contributed by atoms with E-state index in [0.717, 1.165) is 55.8 Å². The lowest BCUT2D eigenvalue weighted by atomic mass is 10.1. The summed E-state index contributed by atoms with van der Waals surface area (Å²) in [5.74, 6) is 1.28. The van der Waals surface area contributed by atoms with Crippen molar-refractivity contribution in [3.8, 4) is 0 Å². The number of aromatic amines is 1. The number of H-pyrrole nitrogens is 1. The molecule has 1 fully saturated rings. The summed E-state index contributed by atoms with van der Waals surface area (Å²) in [4.78, 5) is 12.4. The maximum Gasteiger partial charge on any atom is 0.231 e. The number of hydrogen-bond acceptors (Lipinski definition) is 6. The van der Waals surface area contributed by atoms with Crippen molar-refractivity contribution in [1.29, 1.82) is 0 Å². The van der Waals surface area contributed by atoms with Crippen LogP contribution in [0.4, 0.5) is 17.5 Å². The zero-order valence-corrected chi connectivity index (χ0v) is 15.5. The molecule has 0 aliphatic carbocycles. The van der Waals surface area contributed by atoms with Gasteiger partial charge < -0.3 is 20.9 Å². The van der Waals surface area contributed by atoms with Crippen molar-refractivity contribution in [2.24, 2.45) is 0 Å². The predicted molar refractivity (Wildman–Crippen MR) is 104 cm³/mol. The van der Waals surface area contributed by atoms with E-state index in [0.29, 0.717) is 22.7 Å². The van der Waals surface area contributed by atoms with E-state index >= 15 is 0 Å². The van der Waals surface area contributed by atoms with Gasteiger partial charge in [0, 0.05) is 25.0 Å². The zero-order chi connectivity index (χ0) is 17.9. The highest BCUT2D eigenvalue weighted by Gasteiger charge is 2.18. The quantitative estimate of drug-likeness (QED) is 0.548. The lowest BCUT2D eigenvalue weighted by molar-refractivity contribution is 0.636. The normalized spacial score (nSPS) is 18.0. The SMILES string of the molecule is CCn1cc(Nc2nc(NC3CCCNCC3)c3c(Cl)c[nH]c3n2)cn1. The van der Waals surface area contributed by atoms with Gasteiger partial charge in [-0.3, -0.25) is 4.68 Å². The van der Waals surface area contributed by atoms with E-state index in [9.17, 15) is 0 Å². The van der Waals surface area contributed by atoms with E-state index in [-0.39, 0.29) is 0 Å². The Morgan fingerprint density at radius 2 is 2.23 bits per heavy atom. The molecule has 0 bridgehead atoms. The van der Waals surface area contributed by atoms with Gasteiger partial charge in [-0.25, -0.2) is 0 Å². The molecule has 3 aromatic heterocycles. The van der Waals surface area contributed by atoms with Gasteiger partial charge in [0.2, 0.25) is 5.95 Å². The van der Waals surface area contributed by atoms with E-state index in [1.54, 1.807) is 12.4 Å². The second-order valence-corrected chi connectivity index (χ2v) is 6.90. The molecule has 9 heteroatoms. The first-order chi connectivity index (χ1) is 12.7. The third-order valence-electron chi connectivity index (χ3n) is 4.61. The molecule has 8 nitrogen and oxygen atoms in total. The maximum absolute atomic E-state index is 6.37. The van der Waals surface area contributed by atoms with Crippen LogP contribution in [0.1, 0.15) is 26.2 Å². The van der Waals surface area contributed by atoms with E-state index < -0.39 is 0 Å². The van der Waals surface area contributed by atoms with Gasteiger partial charge >= 0.3 is 0 Å². The molecule has 0 radical (unpaired) electrons. The molecule has 3 aromatic rings. The third-order valence-corrected chi connectivity index (χ3v) is 4.91. The van der Waals surface area contributed by atoms with Gasteiger partial charge in [0.1, 0.15) is 11.5 Å². The van der Waals surface area contributed by atoms with E-state index in [1.165, 1.54) is 0 Å². The van der Waals surface area contributed by atoms with E-state index in [4.69, 9.17) is 16.6 Å². The van der Waals surface area contributed by atoms with Gasteiger partial charge in [-0.15, -0.1) is 0 Å². The van der Waals surface area contributed by atoms with E-state index in [1.807, 2.05) is 17.8 Å². The average molecular weight is 375 g/mol. The average Bonchev–Trinajstić information content (AvgIpc) is 3.15. The number of hydrogen-bond donors (Lipinski definition) is 4. The number of fused-ring (bicyclic) bond motifs is 1. The van der Waals surface area contributed by atoms with Crippen molar-refractivity contribution in [2.75, 3.05) is 23.7 Å². The van der Waals surface area contributed by atoms with Crippen LogP contribution in [0.5, 0.6) is 0 Å². The lowest BCUT2D eigenvalue weighted by Gasteiger charge is -2.18. The molecule has 138 valence electrons. The topological polar surface area (TPSA) is 95.5 Å². The van der Waals surface area contributed by atoms with Crippen molar-refractivity contribution in [2.45, 2.75) is 38.8 Å². The minimum Gasteiger partial charge on any atom is -0.367 e. The van der Waals surface area contributed by atoms with Gasteiger partial charge in [0.25, 0.3) is 0 Å². The molecule has 4 heterocycles. The van der Waals surface area contributed by atoms with Crippen LogP contribution >= 0.6 is 11.6 Å². The first-order valence-electron chi connectivity index (χ1n) is 9.04.